The molecule has 21 heavy (non-hydrogen) atoms. The standard InChI is InChI=1S/C15H24N2O3S/c1-12(2)17(11-13-7-8-13)21(18,19)10-9-20-15-6-4-3-5-14(15)16/h3-6,12-13H,7-11,16H2,1-2H3. The Labute approximate surface area is 127 Å². The fourth-order valence-electron chi connectivity index (χ4n) is 2.19. The molecule has 118 valence electrons. The van der Waals surface area contributed by atoms with Gasteiger partial charge in [-0.05, 0) is 44.7 Å². The Kier molecular flexibility index (Phi) is 5.11. The summed E-state index contributed by atoms with van der Waals surface area (Å²) in [7, 11) is -3.29. The Bertz CT molecular complexity index is 568. The summed E-state index contributed by atoms with van der Waals surface area (Å²) in [6.45, 7) is 4.57. The van der Waals surface area contributed by atoms with Gasteiger partial charge in [-0.25, -0.2) is 8.42 Å². The van der Waals surface area contributed by atoms with Crippen molar-refractivity contribution >= 4 is 15.7 Å². The lowest BCUT2D eigenvalue weighted by atomic mass is 10.3. The summed E-state index contributed by atoms with van der Waals surface area (Å²) < 4.78 is 31.9. The number of sulfonamides is 1. The summed E-state index contributed by atoms with van der Waals surface area (Å²) in [5.74, 6) is 1.05. The molecule has 1 saturated carbocycles. The molecule has 0 radical (unpaired) electrons. The van der Waals surface area contributed by atoms with Crippen molar-refractivity contribution in [3.8, 4) is 5.75 Å². The molecule has 6 heteroatoms. The smallest absolute Gasteiger partial charge is 0.217 e. The zero-order valence-electron chi connectivity index (χ0n) is 12.7. The summed E-state index contributed by atoms with van der Waals surface area (Å²) in [5.41, 5.74) is 6.29. The molecule has 1 aromatic rings. The number of hydrogen-bond acceptors (Lipinski definition) is 4. The molecule has 1 aliphatic carbocycles. The van der Waals surface area contributed by atoms with Gasteiger partial charge in [-0.15, -0.1) is 0 Å². The maximum atomic E-state index is 12.4. The highest BCUT2D eigenvalue weighted by molar-refractivity contribution is 7.89. The molecule has 0 unspecified atom stereocenters. The molecular weight excluding hydrogens is 288 g/mol. The lowest BCUT2D eigenvalue weighted by molar-refractivity contribution is 0.319. The topological polar surface area (TPSA) is 72.6 Å². The molecular formula is C15H24N2O3S. The van der Waals surface area contributed by atoms with Crippen LogP contribution in [0.2, 0.25) is 0 Å². The van der Waals surface area contributed by atoms with Crippen LogP contribution in [0.1, 0.15) is 26.7 Å². The first-order valence-electron chi connectivity index (χ1n) is 7.37. The monoisotopic (exact) mass is 312 g/mol. The van der Waals surface area contributed by atoms with Crippen molar-refractivity contribution in [3.63, 3.8) is 0 Å². The predicted molar refractivity (Wildman–Crippen MR) is 84.7 cm³/mol. The number of anilines is 1. The normalized spacial score (nSPS) is 15.6. The number of ether oxygens (including phenoxy) is 1. The third-order valence-corrected chi connectivity index (χ3v) is 5.55. The van der Waals surface area contributed by atoms with E-state index in [4.69, 9.17) is 10.5 Å². The van der Waals surface area contributed by atoms with E-state index in [0.717, 1.165) is 12.8 Å². The number of rotatable bonds is 8. The fraction of sp³-hybridized carbons (Fsp3) is 0.600. The van der Waals surface area contributed by atoms with Gasteiger partial charge in [0.15, 0.2) is 0 Å². The number of hydrogen-bond donors (Lipinski definition) is 1. The van der Waals surface area contributed by atoms with Gasteiger partial charge < -0.3 is 10.5 Å². The Morgan fingerprint density at radius 2 is 2.00 bits per heavy atom. The SMILES string of the molecule is CC(C)N(CC1CC1)S(=O)(=O)CCOc1ccccc1N. The predicted octanol–water partition coefficient (Wildman–Crippen LogP) is 2.10. The quantitative estimate of drug-likeness (QED) is 0.746. The van der Waals surface area contributed by atoms with Crippen molar-refractivity contribution in [1.29, 1.82) is 0 Å². The molecule has 0 aromatic heterocycles. The second-order valence-electron chi connectivity index (χ2n) is 5.81. The van der Waals surface area contributed by atoms with Crippen molar-refractivity contribution in [3.05, 3.63) is 24.3 Å². The van der Waals surface area contributed by atoms with Crippen LogP contribution in [0.5, 0.6) is 5.75 Å². The Morgan fingerprint density at radius 3 is 2.57 bits per heavy atom. The van der Waals surface area contributed by atoms with Gasteiger partial charge in [0.2, 0.25) is 10.0 Å². The minimum absolute atomic E-state index is 0.0163. The lowest BCUT2D eigenvalue weighted by Gasteiger charge is -2.25. The van der Waals surface area contributed by atoms with Crippen LogP contribution in [-0.4, -0.2) is 37.7 Å². The van der Waals surface area contributed by atoms with E-state index < -0.39 is 10.0 Å². The van der Waals surface area contributed by atoms with Gasteiger partial charge in [-0.2, -0.15) is 4.31 Å². The first kappa shape index (κ1) is 16.1. The Balaban J connectivity index is 1.91. The van der Waals surface area contributed by atoms with Gasteiger partial charge in [0.25, 0.3) is 0 Å². The lowest BCUT2D eigenvalue weighted by Crippen LogP contribution is -2.41. The molecule has 2 rings (SSSR count). The number of para-hydroxylation sites is 2. The van der Waals surface area contributed by atoms with E-state index in [1.807, 2.05) is 26.0 Å². The van der Waals surface area contributed by atoms with E-state index in [-0.39, 0.29) is 18.4 Å². The first-order chi connectivity index (χ1) is 9.90. The van der Waals surface area contributed by atoms with Crippen LogP contribution >= 0.6 is 0 Å². The Hall–Kier alpha value is -1.27. The highest BCUT2D eigenvalue weighted by Crippen LogP contribution is 2.31. The minimum Gasteiger partial charge on any atom is -0.490 e. The first-order valence-corrected chi connectivity index (χ1v) is 8.98. The van der Waals surface area contributed by atoms with E-state index in [1.54, 1.807) is 16.4 Å². The molecule has 2 N–H and O–H groups in total. The van der Waals surface area contributed by atoms with Crippen LogP contribution in [0.15, 0.2) is 24.3 Å². The van der Waals surface area contributed by atoms with Crippen molar-refractivity contribution in [2.75, 3.05) is 24.6 Å². The molecule has 1 aromatic carbocycles. The second-order valence-corrected chi connectivity index (χ2v) is 7.85. The summed E-state index contributed by atoms with van der Waals surface area (Å²) in [4.78, 5) is 0. The van der Waals surface area contributed by atoms with Crippen LogP contribution < -0.4 is 10.5 Å². The molecule has 0 heterocycles. The Morgan fingerprint density at radius 1 is 1.33 bits per heavy atom. The van der Waals surface area contributed by atoms with Crippen LogP contribution in [0.25, 0.3) is 0 Å². The van der Waals surface area contributed by atoms with E-state index in [2.05, 4.69) is 0 Å². The summed E-state index contributed by atoms with van der Waals surface area (Å²) in [5, 5.41) is 0. The summed E-state index contributed by atoms with van der Waals surface area (Å²) >= 11 is 0. The maximum Gasteiger partial charge on any atom is 0.217 e. The average Bonchev–Trinajstić information content (AvgIpc) is 3.21. The second kappa shape index (κ2) is 6.66. The molecule has 0 saturated heterocycles. The van der Waals surface area contributed by atoms with Crippen LogP contribution in [0, 0.1) is 5.92 Å². The van der Waals surface area contributed by atoms with Crippen molar-refractivity contribution in [1.82, 2.24) is 4.31 Å². The van der Waals surface area contributed by atoms with Crippen LogP contribution in [-0.2, 0) is 10.0 Å². The molecule has 0 aliphatic heterocycles. The van der Waals surface area contributed by atoms with Crippen molar-refractivity contribution in [2.24, 2.45) is 5.92 Å². The van der Waals surface area contributed by atoms with Crippen LogP contribution in [0.4, 0.5) is 5.69 Å². The van der Waals surface area contributed by atoms with E-state index >= 15 is 0 Å². The van der Waals surface area contributed by atoms with E-state index in [9.17, 15) is 8.42 Å². The molecule has 0 amide bonds. The molecule has 5 nitrogen and oxygen atoms in total. The molecule has 0 spiro atoms. The highest BCUT2D eigenvalue weighted by atomic mass is 32.2. The van der Waals surface area contributed by atoms with Gasteiger partial charge >= 0.3 is 0 Å². The van der Waals surface area contributed by atoms with E-state index in [0.29, 0.717) is 23.9 Å². The fourth-order valence-corrected chi connectivity index (χ4v) is 3.80. The number of nitrogen functional groups attached to an aromatic ring is 1. The molecule has 0 bridgehead atoms. The summed E-state index contributed by atoms with van der Waals surface area (Å²) in [6, 6.07) is 7.09. The van der Waals surface area contributed by atoms with Crippen molar-refractivity contribution in [2.45, 2.75) is 32.7 Å². The van der Waals surface area contributed by atoms with Gasteiger partial charge in [-0.3, -0.25) is 0 Å². The number of benzene rings is 1. The van der Waals surface area contributed by atoms with Crippen LogP contribution in [0.3, 0.4) is 0 Å². The van der Waals surface area contributed by atoms with Gasteiger partial charge in [-0.1, -0.05) is 12.1 Å². The average molecular weight is 312 g/mol. The summed E-state index contributed by atoms with van der Waals surface area (Å²) in [6.07, 6.45) is 2.27. The minimum atomic E-state index is -3.29. The third kappa shape index (κ3) is 4.61. The molecule has 0 atom stereocenters. The molecule has 1 aliphatic rings. The largest absolute Gasteiger partial charge is 0.490 e. The zero-order valence-corrected chi connectivity index (χ0v) is 13.5. The zero-order chi connectivity index (χ0) is 15.5. The number of nitrogens with two attached hydrogens (primary N) is 1. The number of nitrogens with zero attached hydrogens (tertiary/aromatic N) is 1. The van der Waals surface area contributed by atoms with Gasteiger partial charge in [0.1, 0.15) is 12.4 Å². The van der Waals surface area contributed by atoms with Gasteiger partial charge in [0.05, 0.1) is 11.4 Å². The molecule has 1 fully saturated rings. The van der Waals surface area contributed by atoms with Crippen molar-refractivity contribution < 1.29 is 13.2 Å². The third-order valence-electron chi connectivity index (χ3n) is 3.59. The maximum absolute atomic E-state index is 12.4. The van der Waals surface area contributed by atoms with Gasteiger partial charge in [0, 0.05) is 12.6 Å². The highest BCUT2D eigenvalue weighted by Gasteiger charge is 2.32. The van der Waals surface area contributed by atoms with E-state index in [1.165, 1.54) is 0 Å².